The lowest BCUT2D eigenvalue weighted by atomic mass is 10.2. The molecule has 2 heterocycles. The zero-order valence-electron chi connectivity index (χ0n) is 10.3. The Morgan fingerprint density at radius 3 is 1.56 bits per heavy atom. The molecule has 2 aliphatic heterocycles. The van der Waals surface area contributed by atoms with Crippen LogP contribution in [-0.2, 0) is 28.5 Å². The number of esters is 2. The minimum atomic E-state index is -0.311. The van der Waals surface area contributed by atoms with Gasteiger partial charge < -0.3 is 18.9 Å². The first-order valence-corrected chi connectivity index (χ1v) is 6.34. The van der Waals surface area contributed by atoms with Gasteiger partial charge >= 0.3 is 11.9 Å². The normalized spacial score (nSPS) is 24.4. The summed E-state index contributed by atoms with van der Waals surface area (Å²) in [5, 5.41) is 0. The highest BCUT2D eigenvalue weighted by atomic mass is 16.6. The van der Waals surface area contributed by atoms with E-state index < -0.39 is 0 Å². The van der Waals surface area contributed by atoms with Crippen molar-refractivity contribution in [2.24, 2.45) is 0 Å². The Hall–Kier alpha value is -1.14. The van der Waals surface area contributed by atoms with Gasteiger partial charge in [0.15, 0.2) is 12.2 Å². The van der Waals surface area contributed by atoms with Gasteiger partial charge in [-0.1, -0.05) is 0 Å². The smallest absolute Gasteiger partial charge is 0.337 e. The molecule has 0 amide bonds. The van der Waals surface area contributed by atoms with Crippen molar-refractivity contribution in [3.05, 3.63) is 0 Å². The molecule has 102 valence electrons. The van der Waals surface area contributed by atoms with Crippen molar-refractivity contribution in [1.82, 2.24) is 0 Å². The molecule has 2 atom stereocenters. The van der Waals surface area contributed by atoms with Gasteiger partial charge in [0.2, 0.25) is 0 Å². The van der Waals surface area contributed by atoms with Gasteiger partial charge in [-0.2, -0.15) is 0 Å². The molecule has 2 fully saturated rings. The Balaban J connectivity index is 1.32. The lowest BCUT2D eigenvalue weighted by Gasteiger charge is -2.04. The number of unbranched alkanes of at least 4 members (excludes halogenated alkanes) is 3. The topological polar surface area (TPSA) is 77.7 Å². The van der Waals surface area contributed by atoms with Crippen LogP contribution < -0.4 is 0 Å². The van der Waals surface area contributed by atoms with E-state index in [1.165, 1.54) is 0 Å². The van der Waals surface area contributed by atoms with Crippen molar-refractivity contribution in [3.8, 4) is 0 Å². The molecule has 0 aromatic heterocycles. The Kier molecular flexibility index (Phi) is 4.95. The Labute approximate surface area is 106 Å². The van der Waals surface area contributed by atoms with Gasteiger partial charge in [0, 0.05) is 0 Å². The number of carbonyl (C=O) groups excluding carboxylic acids is 2. The van der Waals surface area contributed by atoms with Crippen LogP contribution in [0.15, 0.2) is 0 Å². The Morgan fingerprint density at radius 1 is 0.833 bits per heavy atom. The predicted molar refractivity (Wildman–Crippen MR) is 59.9 cm³/mol. The van der Waals surface area contributed by atoms with Crippen molar-refractivity contribution in [3.63, 3.8) is 0 Å². The van der Waals surface area contributed by atoms with Crippen LogP contribution in [0.5, 0.6) is 0 Å². The van der Waals surface area contributed by atoms with Gasteiger partial charge in [-0.25, -0.2) is 9.59 Å². The SMILES string of the molecule is O=C(OCCCCCCOC(=O)C1CO1)C1CO1. The lowest BCUT2D eigenvalue weighted by molar-refractivity contribution is -0.146. The molecule has 2 saturated heterocycles. The molecule has 0 radical (unpaired) electrons. The molecule has 0 aromatic rings. The summed E-state index contributed by atoms with van der Waals surface area (Å²) >= 11 is 0. The first kappa shape index (κ1) is 13.3. The van der Waals surface area contributed by atoms with E-state index in [0.29, 0.717) is 26.4 Å². The fourth-order valence-corrected chi connectivity index (χ4v) is 1.46. The highest BCUT2D eigenvalue weighted by Gasteiger charge is 2.33. The molecule has 2 rings (SSSR count). The van der Waals surface area contributed by atoms with Gasteiger partial charge in [-0.05, 0) is 25.7 Å². The third kappa shape index (κ3) is 5.01. The van der Waals surface area contributed by atoms with E-state index in [0.717, 1.165) is 25.7 Å². The molecular weight excluding hydrogens is 240 g/mol. The quantitative estimate of drug-likeness (QED) is 0.339. The van der Waals surface area contributed by atoms with Gasteiger partial charge in [-0.3, -0.25) is 0 Å². The predicted octanol–water partition coefficient (Wildman–Crippen LogP) is 0.431. The summed E-state index contributed by atoms with van der Waals surface area (Å²) in [5.74, 6) is -0.512. The van der Waals surface area contributed by atoms with E-state index in [-0.39, 0.29) is 24.1 Å². The summed E-state index contributed by atoms with van der Waals surface area (Å²) in [4.78, 5) is 22.1. The summed E-state index contributed by atoms with van der Waals surface area (Å²) in [7, 11) is 0. The van der Waals surface area contributed by atoms with E-state index in [2.05, 4.69) is 0 Å². The fraction of sp³-hybridized carbons (Fsp3) is 0.833. The van der Waals surface area contributed by atoms with Gasteiger partial charge in [0.1, 0.15) is 0 Å². The third-order valence-electron chi connectivity index (χ3n) is 2.72. The highest BCUT2D eigenvalue weighted by molar-refractivity contribution is 5.77. The van der Waals surface area contributed by atoms with Crippen LogP contribution in [0.25, 0.3) is 0 Å². The molecule has 0 bridgehead atoms. The second-order valence-electron chi connectivity index (χ2n) is 4.39. The molecule has 0 aliphatic carbocycles. The van der Waals surface area contributed by atoms with Crippen molar-refractivity contribution < 1.29 is 28.5 Å². The molecule has 6 heteroatoms. The van der Waals surface area contributed by atoms with Crippen LogP contribution in [0, 0.1) is 0 Å². The van der Waals surface area contributed by atoms with Crippen LogP contribution in [0.2, 0.25) is 0 Å². The van der Waals surface area contributed by atoms with Crippen molar-refractivity contribution in [2.45, 2.75) is 37.9 Å². The Morgan fingerprint density at radius 2 is 1.22 bits per heavy atom. The molecule has 0 saturated carbocycles. The molecule has 0 N–H and O–H groups in total. The number of carbonyl (C=O) groups is 2. The second kappa shape index (κ2) is 6.70. The highest BCUT2D eigenvalue weighted by Crippen LogP contribution is 2.12. The van der Waals surface area contributed by atoms with Crippen molar-refractivity contribution in [1.29, 1.82) is 0 Å². The van der Waals surface area contributed by atoms with Crippen LogP contribution >= 0.6 is 0 Å². The standard InChI is InChI=1S/C12H18O6/c13-11(9-7-17-9)15-5-3-1-2-4-6-16-12(14)10-8-18-10/h9-10H,1-8H2. The summed E-state index contributed by atoms with van der Waals surface area (Å²) in [5.41, 5.74) is 0. The van der Waals surface area contributed by atoms with Crippen LogP contribution in [0.1, 0.15) is 25.7 Å². The molecule has 2 unspecified atom stereocenters. The van der Waals surface area contributed by atoms with Gasteiger partial charge in [0.25, 0.3) is 0 Å². The van der Waals surface area contributed by atoms with E-state index in [1.807, 2.05) is 0 Å². The largest absolute Gasteiger partial charge is 0.464 e. The molecule has 2 aliphatic rings. The maximum atomic E-state index is 11.1. The van der Waals surface area contributed by atoms with E-state index in [9.17, 15) is 9.59 Å². The molecule has 18 heavy (non-hydrogen) atoms. The summed E-state index contributed by atoms with van der Waals surface area (Å²) in [6.45, 7) is 1.87. The monoisotopic (exact) mass is 258 g/mol. The molecule has 6 nitrogen and oxygen atoms in total. The Bertz CT molecular complexity index is 265. The van der Waals surface area contributed by atoms with E-state index >= 15 is 0 Å². The maximum absolute atomic E-state index is 11.1. The minimum absolute atomic E-state index is 0.256. The van der Waals surface area contributed by atoms with Crippen LogP contribution in [0.3, 0.4) is 0 Å². The number of rotatable bonds is 9. The fourth-order valence-electron chi connectivity index (χ4n) is 1.46. The number of ether oxygens (including phenoxy) is 4. The first-order chi connectivity index (χ1) is 8.77. The number of epoxide rings is 2. The minimum Gasteiger partial charge on any atom is -0.464 e. The van der Waals surface area contributed by atoms with E-state index in [1.54, 1.807) is 0 Å². The van der Waals surface area contributed by atoms with Crippen molar-refractivity contribution in [2.75, 3.05) is 26.4 Å². The summed E-state index contributed by atoms with van der Waals surface area (Å²) in [6.07, 6.45) is 2.95. The molecule has 0 spiro atoms. The van der Waals surface area contributed by atoms with Crippen molar-refractivity contribution >= 4 is 11.9 Å². The third-order valence-corrected chi connectivity index (χ3v) is 2.72. The molecular formula is C12H18O6. The van der Waals surface area contributed by atoms with E-state index in [4.69, 9.17) is 18.9 Å². The number of hydrogen-bond donors (Lipinski definition) is 0. The maximum Gasteiger partial charge on any atom is 0.337 e. The summed E-state index contributed by atoms with van der Waals surface area (Å²) < 4.78 is 19.6. The first-order valence-electron chi connectivity index (χ1n) is 6.34. The number of hydrogen-bond acceptors (Lipinski definition) is 6. The lowest BCUT2D eigenvalue weighted by Crippen LogP contribution is -2.13. The zero-order chi connectivity index (χ0) is 12.8. The van der Waals surface area contributed by atoms with Gasteiger partial charge in [0.05, 0.1) is 26.4 Å². The molecule has 0 aromatic carbocycles. The average Bonchev–Trinajstić information content (AvgIpc) is 3.21. The van der Waals surface area contributed by atoms with Crippen LogP contribution in [-0.4, -0.2) is 50.6 Å². The zero-order valence-corrected chi connectivity index (χ0v) is 10.3. The summed E-state index contributed by atoms with van der Waals surface area (Å²) in [6, 6.07) is 0. The van der Waals surface area contributed by atoms with Gasteiger partial charge in [-0.15, -0.1) is 0 Å². The van der Waals surface area contributed by atoms with Crippen LogP contribution in [0.4, 0.5) is 0 Å². The average molecular weight is 258 g/mol. The second-order valence-corrected chi connectivity index (χ2v) is 4.39.